The molecule has 3 heteroatoms. The molecule has 1 heterocycles. The van der Waals surface area contributed by atoms with Crippen molar-refractivity contribution in [1.29, 1.82) is 0 Å². The topological polar surface area (TPSA) is 43.8 Å². The van der Waals surface area contributed by atoms with Crippen LogP contribution in [0.1, 0.15) is 52.1 Å². The molecule has 1 fully saturated rings. The van der Waals surface area contributed by atoms with Crippen LogP contribution in [0.15, 0.2) is 6.07 Å². The molecule has 0 aliphatic heterocycles. The van der Waals surface area contributed by atoms with Crippen LogP contribution in [0.5, 0.6) is 0 Å². The first kappa shape index (κ1) is 13.4. The van der Waals surface area contributed by atoms with E-state index in [0.29, 0.717) is 5.41 Å². The Morgan fingerprint density at radius 3 is 2.33 bits per heavy atom. The van der Waals surface area contributed by atoms with Gasteiger partial charge in [-0.3, -0.25) is 0 Å². The molecule has 18 heavy (non-hydrogen) atoms. The zero-order valence-electron chi connectivity index (χ0n) is 12.2. The second kappa shape index (κ2) is 4.94. The van der Waals surface area contributed by atoms with E-state index < -0.39 is 0 Å². The molecule has 1 aromatic heterocycles. The monoisotopic (exact) mass is 249 g/mol. The number of anilines is 1. The molecule has 1 aliphatic rings. The summed E-state index contributed by atoms with van der Waals surface area (Å²) in [5.74, 6) is 2.45. The fraction of sp³-hybridized carbons (Fsp3) is 0.800. The molecular formula is C15H27N3. The third-order valence-corrected chi connectivity index (χ3v) is 4.44. The van der Waals surface area contributed by atoms with Crippen LogP contribution in [0.4, 0.5) is 5.82 Å². The van der Waals surface area contributed by atoms with E-state index in [2.05, 4.69) is 25.9 Å². The molecule has 1 aliphatic carbocycles. The van der Waals surface area contributed by atoms with Crippen molar-refractivity contribution in [3.05, 3.63) is 11.8 Å². The number of nitrogens with two attached hydrogens (primary N) is 1. The van der Waals surface area contributed by atoms with Crippen LogP contribution in [0.25, 0.3) is 0 Å². The van der Waals surface area contributed by atoms with Gasteiger partial charge in [-0.1, -0.05) is 20.8 Å². The summed E-state index contributed by atoms with van der Waals surface area (Å²) < 4.78 is 1.98. The maximum atomic E-state index is 5.96. The largest absolute Gasteiger partial charge is 0.384 e. The molecule has 0 radical (unpaired) electrons. The van der Waals surface area contributed by atoms with Crippen molar-refractivity contribution in [2.45, 2.75) is 59.9 Å². The van der Waals surface area contributed by atoms with E-state index >= 15 is 0 Å². The first-order valence-corrected chi connectivity index (χ1v) is 7.16. The highest BCUT2D eigenvalue weighted by Gasteiger charge is 2.29. The molecule has 1 saturated carbocycles. The predicted molar refractivity (Wildman–Crippen MR) is 76.3 cm³/mol. The Bertz CT molecular complexity index is 392. The summed E-state index contributed by atoms with van der Waals surface area (Å²) >= 11 is 0. The van der Waals surface area contributed by atoms with E-state index in [-0.39, 0.29) is 0 Å². The van der Waals surface area contributed by atoms with Gasteiger partial charge in [-0.2, -0.15) is 5.10 Å². The van der Waals surface area contributed by atoms with Crippen LogP contribution in [-0.2, 0) is 6.54 Å². The van der Waals surface area contributed by atoms with Crippen molar-refractivity contribution in [1.82, 2.24) is 9.78 Å². The zero-order valence-corrected chi connectivity index (χ0v) is 12.2. The van der Waals surface area contributed by atoms with Crippen LogP contribution in [0.2, 0.25) is 0 Å². The van der Waals surface area contributed by atoms with E-state index in [9.17, 15) is 0 Å². The van der Waals surface area contributed by atoms with E-state index in [1.54, 1.807) is 0 Å². The number of nitrogen functional groups attached to an aromatic ring is 1. The van der Waals surface area contributed by atoms with Crippen molar-refractivity contribution < 1.29 is 0 Å². The summed E-state index contributed by atoms with van der Waals surface area (Å²) in [6, 6.07) is 1.96. The lowest BCUT2D eigenvalue weighted by Gasteiger charge is -2.37. The maximum Gasteiger partial charge on any atom is 0.121 e. The van der Waals surface area contributed by atoms with E-state index in [0.717, 1.165) is 29.9 Å². The molecule has 0 amide bonds. The van der Waals surface area contributed by atoms with Crippen LogP contribution in [0.3, 0.4) is 0 Å². The normalized spacial score (nSPS) is 25.3. The van der Waals surface area contributed by atoms with Gasteiger partial charge < -0.3 is 5.73 Å². The van der Waals surface area contributed by atoms with Gasteiger partial charge >= 0.3 is 0 Å². The standard InChI is InChI=1S/C15H27N3/c1-11-9-14(16)18(17-11)10-12-5-7-13(8-6-12)15(2,3)4/h9,12-13H,5-8,10,16H2,1-4H3. The van der Waals surface area contributed by atoms with Gasteiger partial charge in [0.05, 0.1) is 5.69 Å². The van der Waals surface area contributed by atoms with Gasteiger partial charge in [0, 0.05) is 12.6 Å². The summed E-state index contributed by atoms with van der Waals surface area (Å²) in [5, 5.41) is 4.46. The second-order valence-corrected chi connectivity index (χ2v) is 6.98. The first-order valence-electron chi connectivity index (χ1n) is 7.16. The van der Waals surface area contributed by atoms with Crippen LogP contribution < -0.4 is 5.73 Å². The molecule has 102 valence electrons. The lowest BCUT2D eigenvalue weighted by Crippen LogP contribution is -2.27. The van der Waals surface area contributed by atoms with Crippen molar-refractivity contribution in [2.75, 3.05) is 5.73 Å². The molecule has 0 aromatic carbocycles. The summed E-state index contributed by atoms with van der Waals surface area (Å²) in [7, 11) is 0. The van der Waals surface area contributed by atoms with Crippen molar-refractivity contribution in [3.8, 4) is 0 Å². The quantitative estimate of drug-likeness (QED) is 0.870. The molecule has 2 N–H and O–H groups in total. The third kappa shape index (κ3) is 3.06. The molecule has 0 saturated heterocycles. The lowest BCUT2D eigenvalue weighted by molar-refractivity contribution is 0.141. The van der Waals surface area contributed by atoms with Gasteiger partial charge in [0.1, 0.15) is 5.82 Å². The van der Waals surface area contributed by atoms with Gasteiger partial charge in [-0.25, -0.2) is 4.68 Å². The molecule has 0 unspecified atom stereocenters. The van der Waals surface area contributed by atoms with Gasteiger partial charge in [-0.15, -0.1) is 0 Å². The highest BCUT2D eigenvalue weighted by atomic mass is 15.3. The SMILES string of the molecule is Cc1cc(N)n(CC2CCC(C(C)(C)C)CC2)n1. The van der Waals surface area contributed by atoms with Crippen LogP contribution >= 0.6 is 0 Å². The average Bonchev–Trinajstić information content (AvgIpc) is 2.57. The van der Waals surface area contributed by atoms with Gasteiger partial charge in [0.25, 0.3) is 0 Å². The van der Waals surface area contributed by atoms with Crippen LogP contribution in [-0.4, -0.2) is 9.78 Å². The van der Waals surface area contributed by atoms with E-state index in [4.69, 9.17) is 5.73 Å². The third-order valence-electron chi connectivity index (χ3n) is 4.44. The molecule has 0 bridgehead atoms. The Labute approximate surface area is 111 Å². The summed E-state index contributed by atoms with van der Waals surface area (Å²) in [6.45, 7) is 10.1. The highest BCUT2D eigenvalue weighted by Crippen LogP contribution is 2.40. The zero-order chi connectivity index (χ0) is 13.3. The minimum absolute atomic E-state index is 0.465. The summed E-state index contributed by atoms with van der Waals surface area (Å²) in [5.41, 5.74) is 7.44. The smallest absolute Gasteiger partial charge is 0.121 e. The number of hydrogen-bond acceptors (Lipinski definition) is 2. The van der Waals surface area contributed by atoms with Gasteiger partial charge in [0.2, 0.25) is 0 Å². The lowest BCUT2D eigenvalue weighted by atomic mass is 9.70. The number of aromatic nitrogens is 2. The second-order valence-electron chi connectivity index (χ2n) is 6.98. The molecule has 3 nitrogen and oxygen atoms in total. The van der Waals surface area contributed by atoms with Crippen molar-refractivity contribution in [3.63, 3.8) is 0 Å². The maximum absolute atomic E-state index is 5.96. The first-order chi connectivity index (χ1) is 8.36. The Morgan fingerprint density at radius 2 is 1.89 bits per heavy atom. The fourth-order valence-electron chi connectivity index (χ4n) is 3.17. The Hall–Kier alpha value is -0.990. The summed E-state index contributed by atoms with van der Waals surface area (Å²) in [6.07, 6.45) is 5.35. The fourth-order valence-corrected chi connectivity index (χ4v) is 3.17. The Kier molecular flexibility index (Phi) is 3.69. The Morgan fingerprint density at radius 1 is 1.28 bits per heavy atom. The Balaban J connectivity index is 1.89. The number of aryl methyl sites for hydroxylation is 1. The average molecular weight is 249 g/mol. The predicted octanol–water partition coefficient (Wildman–Crippen LogP) is 3.63. The van der Waals surface area contributed by atoms with Gasteiger partial charge in [0.15, 0.2) is 0 Å². The number of hydrogen-bond donors (Lipinski definition) is 1. The van der Waals surface area contributed by atoms with E-state index in [1.807, 2.05) is 17.7 Å². The molecule has 0 spiro atoms. The molecule has 0 atom stereocenters. The molecule has 1 aromatic rings. The van der Waals surface area contributed by atoms with Crippen LogP contribution in [0, 0.1) is 24.2 Å². The molecule has 2 rings (SSSR count). The minimum atomic E-state index is 0.465. The minimum Gasteiger partial charge on any atom is -0.384 e. The van der Waals surface area contributed by atoms with Crippen molar-refractivity contribution >= 4 is 5.82 Å². The highest BCUT2D eigenvalue weighted by molar-refractivity contribution is 5.30. The number of rotatable bonds is 2. The van der Waals surface area contributed by atoms with Crippen molar-refractivity contribution in [2.24, 2.45) is 17.3 Å². The molecular weight excluding hydrogens is 222 g/mol. The van der Waals surface area contributed by atoms with E-state index in [1.165, 1.54) is 25.7 Å². The van der Waals surface area contributed by atoms with Gasteiger partial charge in [-0.05, 0) is 49.9 Å². The number of nitrogens with zero attached hydrogens (tertiary/aromatic N) is 2. The summed E-state index contributed by atoms with van der Waals surface area (Å²) in [4.78, 5) is 0.